The number of anilines is 1. The molecule has 0 atom stereocenters. The van der Waals surface area contributed by atoms with Crippen LogP contribution in [0.3, 0.4) is 0 Å². The van der Waals surface area contributed by atoms with Crippen molar-refractivity contribution in [3.63, 3.8) is 0 Å². The van der Waals surface area contributed by atoms with Gasteiger partial charge in [-0.2, -0.15) is 0 Å². The molecule has 2 N–H and O–H groups in total. The van der Waals surface area contributed by atoms with Crippen molar-refractivity contribution in [3.8, 4) is 0 Å². The van der Waals surface area contributed by atoms with Crippen LogP contribution in [0.4, 0.5) is 5.82 Å². The van der Waals surface area contributed by atoms with Gasteiger partial charge in [0.15, 0.2) is 0 Å². The quantitative estimate of drug-likeness (QED) is 0.658. The van der Waals surface area contributed by atoms with Crippen molar-refractivity contribution in [2.45, 2.75) is 0 Å². The number of aromatic nitrogens is 2. The molecule has 66 valence electrons. The number of rotatable bonds is 1. The summed E-state index contributed by atoms with van der Waals surface area (Å²) in [5.41, 5.74) is 5.48. The molecule has 0 aliphatic carbocycles. The first-order chi connectivity index (χ1) is 6.36. The molecule has 1 aromatic rings. The maximum Gasteiger partial charge on any atom is 0.137 e. The topological polar surface area (TPSA) is 67.4 Å². The van der Waals surface area contributed by atoms with Crippen molar-refractivity contribution in [1.82, 2.24) is 9.97 Å². The van der Waals surface area contributed by atoms with Gasteiger partial charge in [0.2, 0.25) is 0 Å². The van der Waals surface area contributed by atoms with Crippen LogP contribution in [0.2, 0.25) is 0 Å². The predicted octanol–water partition coefficient (Wildman–Crippen LogP) is 0.125. The van der Waals surface area contributed by atoms with Crippen LogP contribution in [0.25, 0.3) is 0 Å². The van der Waals surface area contributed by atoms with Crippen LogP contribution in [0, 0.1) is 0 Å². The summed E-state index contributed by atoms with van der Waals surface area (Å²) in [4.78, 5) is 13.9. The van der Waals surface area contributed by atoms with E-state index in [0.29, 0.717) is 12.5 Å². The van der Waals surface area contributed by atoms with E-state index in [-0.39, 0.29) is 0 Å². The Morgan fingerprint density at radius 1 is 1.46 bits per heavy atom. The van der Waals surface area contributed by atoms with Crippen molar-refractivity contribution in [1.29, 1.82) is 0 Å². The lowest BCUT2D eigenvalue weighted by Gasteiger charge is -2.19. The van der Waals surface area contributed by atoms with Gasteiger partial charge in [-0.3, -0.25) is 0 Å². The largest absolute Gasteiger partial charge is 0.384 e. The highest BCUT2D eigenvalue weighted by molar-refractivity contribution is 5.92. The summed E-state index contributed by atoms with van der Waals surface area (Å²) >= 11 is 0. The van der Waals surface area contributed by atoms with Gasteiger partial charge in [0, 0.05) is 12.4 Å². The highest BCUT2D eigenvalue weighted by atomic mass is 15.2. The van der Waals surface area contributed by atoms with Gasteiger partial charge in [0.05, 0.1) is 0 Å². The maximum absolute atomic E-state index is 5.48. The fraction of sp³-hybridized carbons (Fsp3) is 0.125. The predicted molar refractivity (Wildman–Crippen MR) is 50.1 cm³/mol. The molecule has 0 amide bonds. The van der Waals surface area contributed by atoms with E-state index in [1.165, 1.54) is 6.33 Å². The normalized spacial score (nSPS) is 15.7. The summed E-state index contributed by atoms with van der Waals surface area (Å²) in [6.45, 7) is 0.513. The minimum atomic E-state index is 0.513. The van der Waals surface area contributed by atoms with E-state index in [1.807, 2.05) is 17.2 Å². The van der Waals surface area contributed by atoms with E-state index in [0.717, 1.165) is 5.82 Å². The first-order valence-electron chi connectivity index (χ1n) is 3.87. The Kier molecular flexibility index (Phi) is 1.91. The molecule has 1 aromatic heterocycles. The molecule has 1 aliphatic heterocycles. The molecule has 0 saturated heterocycles. The van der Waals surface area contributed by atoms with E-state index in [2.05, 4.69) is 15.0 Å². The summed E-state index contributed by atoms with van der Waals surface area (Å²) in [5, 5.41) is 0. The lowest BCUT2D eigenvalue weighted by molar-refractivity contribution is 0.927. The number of nitrogens with zero attached hydrogens (tertiary/aromatic N) is 4. The monoisotopic (exact) mass is 175 g/mol. The molecular weight excluding hydrogens is 166 g/mol. The molecule has 1 aliphatic rings. The zero-order chi connectivity index (χ0) is 9.10. The van der Waals surface area contributed by atoms with E-state index < -0.39 is 0 Å². The van der Waals surface area contributed by atoms with Gasteiger partial charge in [0.25, 0.3) is 0 Å². The molecular formula is C8H9N5. The maximum atomic E-state index is 5.48. The van der Waals surface area contributed by atoms with Crippen molar-refractivity contribution in [2.24, 2.45) is 10.7 Å². The van der Waals surface area contributed by atoms with Crippen LogP contribution in [-0.2, 0) is 0 Å². The summed E-state index contributed by atoms with van der Waals surface area (Å²) in [5.74, 6) is 1.37. The standard InChI is InChI=1S/C8H9N5/c9-7-2-4-13(6-12-7)8-1-3-10-5-11-8/h1-5H,6H2,(H2,9,12). The number of hydrogen-bond donors (Lipinski definition) is 1. The van der Waals surface area contributed by atoms with Crippen LogP contribution in [0.1, 0.15) is 0 Å². The van der Waals surface area contributed by atoms with Crippen LogP contribution in [0.15, 0.2) is 35.9 Å². The molecule has 0 bridgehead atoms. The summed E-state index contributed by atoms with van der Waals surface area (Å²) in [7, 11) is 0. The first kappa shape index (κ1) is 7.72. The van der Waals surface area contributed by atoms with Crippen molar-refractivity contribution < 1.29 is 0 Å². The number of aliphatic imine (C=N–C) groups is 1. The van der Waals surface area contributed by atoms with Gasteiger partial charge < -0.3 is 10.6 Å². The lowest BCUT2D eigenvalue weighted by atomic mass is 10.4. The fourth-order valence-electron chi connectivity index (χ4n) is 1.03. The van der Waals surface area contributed by atoms with E-state index in [9.17, 15) is 0 Å². The Labute approximate surface area is 75.6 Å². The second-order valence-corrected chi connectivity index (χ2v) is 2.58. The average molecular weight is 175 g/mol. The molecule has 0 spiro atoms. The smallest absolute Gasteiger partial charge is 0.137 e. The Morgan fingerprint density at radius 3 is 3.00 bits per heavy atom. The molecule has 2 rings (SSSR count). The number of nitrogens with two attached hydrogens (primary N) is 1. The zero-order valence-electron chi connectivity index (χ0n) is 6.96. The molecule has 5 nitrogen and oxygen atoms in total. The van der Waals surface area contributed by atoms with Gasteiger partial charge in [-0.25, -0.2) is 15.0 Å². The molecule has 5 heteroatoms. The highest BCUT2D eigenvalue weighted by Crippen LogP contribution is 2.10. The summed E-state index contributed by atoms with van der Waals surface area (Å²) in [6, 6.07) is 1.82. The summed E-state index contributed by atoms with van der Waals surface area (Å²) in [6.07, 6.45) is 6.79. The Bertz CT molecular complexity index is 343. The Morgan fingerprint density at radius 2 is 2.38 bits per heavy atom. The van der Waals surface area contributed by atoms with Crippen molar-refractivity contribution in [2.75, 3.05) is 11.6 Å². The van der Waals surface area contributed by atoms with Crippen LogP contribution in [-0.4, -0.2) is 22.5 Å². The second-order valence-electron chi connectivity index (χ2n) is 2.58. The van der Waals surface area contributed by atoms with E-state index in [4.69, 9.17) is 5.73 Å². The van der Waals surface area contributed by atoms with Gasteiger partial charge in [-0.1, -0.05) is 0 Å². The Balaban J connectivity index is 2.18. The van der Waals surface area contributed by atoms with Crippen LogP contribution in [0.5, 0.6) is 0 Å². The third kappa shape index (κ3) is 1.64. The fourth-order valence-corrected chi connectivity index (χ4v) is 1.03. The van der Waals surface area contributed by atoms with E-state index in [1.54, 1.807) is 12.3 Å². The highest BCUT2D eigenvalue weighted by Gasteiger charge is 2.05. The Hall–Kier alpha value is -1.91. The third-order valence-electron chi connectivity index (χ3n) is 1.69. The van der Waals surface area contributed by atoms with Gasteiger partial charge in [-0.15, -0.1) is 0 Å². The minimum Gasteiger partial charge on any atom is -0.384 e. The number of hydrogen-bond acceptors (Lipinski definition) is 5. The van der Waals surface area contributed by atoms with Crippen LogP contribution < -0.4 is 10.6 Å². The molecule has 0 aromatic carbocycles. The molecule has 0 fully saturated rings. The molecule has 13 heavy (non-hydrogen) atoms. The lowest BCUT2D eigenvalue weighted by Crippen LogP contribution is -2.25. The van der Waals surface area contributed by atoms with Gasteiger partial charge in [-0.05, 0) is 12.1 Å². The van der Waals surface area contributed by atoms with Crippen molar-refractivity contribution in [3.05, 3.63) is 30.9 Å². The third-order valence-corrected chi connectivity index (χ3v) is 1.69. The SMILES string of the molecule is NC1=NCN(c2ccncn2)C=C1. The van der Waals surface area contributed by atoms with Gasteiger partial charge >= 0.3 is 0 Å². The molecule has 0 saturated carbocycles. The van der Waals surface area contributed by atoms with Gasteiger partial charge in [0.1, 0.15) is 24.6 Å². The molecule has 0 radical (unpaired) electrons. The zero-order valence-corrected chi connectivity index (χ0v) is 6.96. The van der Waals surface area contributed by atoms with Crippen LogP contribution >= 0.6 is 0 Å². The minimum absolute atomic E-state index is 0.513. The molecule has 2 heterocycles. The molecule has 0 unspecified atom stereocenters. The second kappa shape index (κ2) is 3.22. The number of amidine groups is 1. The summed E-state index contributed by atoms with van der Waals surface area (Å²) < 4.78 is 0. The first-order valence-corrected chi connectivity index (χ1v) is 3.87. The van der Waals surface area contributed by atoms with Crippen molar-refractivity contribution >= 4 is 11.7 Å². The average Bonchev–Trinajstić information content (AvgIpc) is 2.20. The van der Waals surface area contributed by atoms with E-state index >= 15 is 0 Å².